The molecule has 0 bridgehead atoms. The number of aromatic nitrogens is 4. The number of aryl methyl sites for hydroxylation is 1. The van der Waals surface area contributed by atoms with E-state index < -0.39 is 0 Å². The number of rotatable bonds is 9. The summed E-state index contributed by atoms with van der Waals surface area (Å²) in [5.41, 5.74) is 4.32. The molecule has 206 valence electrons. The van der Waals surface area contributed by atoms with Crippen molar-refractivity contribution in [1.82, 2.24) is 29.4 Å². The van der Waals surface area contributed by atoms with Crippen LogP contribution in [0.25, 0.3) is 16.6 Å². The van der Waals surface area contributed by atoms with Crippen molar-refractivity contribution in [3.63, 3.8) is 0 Å². The van der Waals surface area contributed by atoms with Crippen molar-refractivity contribution < 1.29 is 9.53 Å². The van der Waals surface area contributed by atoms with Gasteiger partial charge in [0.2, 0.25) is 5.91 Å². The third-order valence-corrected chi connectivity index (χ3v) is 6.96. The predicted octanol–water partition coefficient (Wildman–Crippen LogP) is 3.60. The quantitative estimate of drug-likeness (QED) is 0.307. The van der Waals surface area contributed by atoms with E-state index in [1.807, 2.05) is 50.4 Å². The maximum absolute atomic E-state index is 12.9. The topological polar surface area (TPSA) is 124 Å². The number of ether oxygens (including phenoxy) is 1. The third-order valence-electron chi connectivity index (χ3n) is 6.96. The highest BCUT2D eigenvalue weighted by Gasteiger charge is 2.19. The molecule has 0 aliphatic carbocycles. The largest absolute Gasteiger partial charge is 0.492 e. The van der Waals surface area contributed by atoms with Gasteiger partial charge in [0.05, 0.1) is 34.8 Å². The number of carbonyl (C=O) groups is 1. The normalized spacial score (nSPS) is 14.6. The maximum Gasteiger partial charge on any atom is 0.248 e. The number of anilines is 3. The van der Waals surface area contributed by atoms with Crippen LogP contribution in [0, 0.1) is 11.3 Å². The second-order valence-electron chi connectivity index (χ2n) is 9.70. The molecule has 40 heavy (non-hydrogen) atoms. The lowest BCUT2D eigenvalue weighted by Gasteiger charge is -2.31. The summed E-state index contributed by atoms with van der Waals surface area (Å²) < 4.78 is 7.69. The van der Waals surface area contributed by atoms with E-state index in [9.17, 15) is 10.1 Å². The Morgan fingerprint density at radius 3 is 2.77 bits per heavy atom. The Hall–Kier alpha value is -4.53. The average molecular weight is 540 g/mol. The number of piperazine rings is 1. The standard InChI is InChI=1S/C29H33N9O2/c1-4-23-22(18-30)29(32-20-8-10-38-19-31-35-27(38)15-20)21-16-25(26(40-5-2)17-24(21)33-23)34-28(39)7-6-9-37-13-11-36(3)12-14-37/h6-8,10,15-17,19H,4-5,9,11-14H2,1-3H3,(H,32,33)(H,34,39)/b7-6+. The van der Waals surface area contributed by atoms with Crippen LogP contribution in [-0.2, 0) is 11.2 Å². The number of hydrogen-bond donors (Lipinski definition) is 2. The summed E-state index contributed by atoms with van der Waals surface area (Å²) >= 11 is 0. The number of amides is 1. The number of hydrogen-bond acceptors (Lipinski definition) is 9. The van der Waals surface area contributed by atoms with Crippen LogP contribution in [-0.4, -0.2) is 81.7 Å². The summed E-state index contributed by atoms with van der Waals surface area (Å²) in [6.07, 6.45) is 7.50. The Kier molecular flexibility index (Phi) is 8.19. The number of carbonyl (C=O) groups excluding carboxylic acids is 1. The van der Waals surface area contributed by atoms with Gasteiger partial charge in [-0.2, -0.15) is 5.26 Å². The van der Waals surface area contributed by atoms with Gasteiger partial charge >= 0.3 is 0 Å². The van der Waals surface area contributed by atoms with Crippen molar-refractivity contribution in [2.45, 2.75) is 20.3 Å². The molecule has 1 aliphatic rings. The highest BCUT2D eigenvalue weighted by molar-refractivity contribution is 6.05. The molecule has 1 fully saturated rings. The zero-order valence-corrected chi connectivity index (χ0v) is 23.0. The van der Waals surface area contributed by atoms with Crippen molar-refractivity contribution in [1.29, 1.82) is 5.26 Å². The number of nitrogens with zero attached hydrogens (tertiary/aromatic N) is 7. The van der Waals surface area contributed by atoms with Crippen molar-refractivity contribution in [2.75, 3.05) is 57.0 Å². The number of pyridine rings is 2. The maximum atomic E-state index is 12.9. The first-order chi connectivity index (χ1) is 19.5. The van der Waals surface area contributed by atoms with Crippen molar-refractivity contribution in [3.8, 4) is 11.8 Å². The molecular formula is C29H33N9O2. The lowest BCUT2D eigenvalue weighted by molar-refractivity contribution is -0.111. The molecule has 4 heterocycles. The zero-order chi connectivity index (χ0) is 28.1. The van der Waals surface area contributed by atoms with Gasteiger partial charge in [-0.25, -0.2) is 0 Å². The van der Waals surface area contributed by atoms with Gasteiger partial charge in [-0.1, -0.05) is 13.0 Å². The van der Waals surface area contributed by atoms with Gasteiger partial charge in [-0.15, -0.1) is 10.2 Å². The van der Waals surface area contributed by atoms with Crippen LogP contribution in [0.3, 0.4) is 0 Å². The van der Waals surface area contributed by atoms with Crippen LogP contribution in [0.4, 0.5) is 17.1 Å². The van der Waals surface area contributed by atoms with E-state index in [0.717, 1.165) is 38.4 Å². The highest BCUT2D eigenvalue weighted by Crippen LogP contribution is 2.37. The van der Waals surface area contributed by atoms with Gasteiger partial charge in [-0.3, -0.25) is 19.1 Å². The molecule has 11 heteroatoms. The van der Waals surface area contributed by atoms with Gasteiger partial charge in [0, 0.05) is 68.2 Å². The summed E-state index contributed by atoms with van der Waals surface area (Å²) in [7, 11) is 2.12. The Morgan fingerprint density at radius 2 is 2.02 bits per heavy atom. The van der Waals surface area contributed by atoms with Gasteiger partial charge in [0.1, 0.15) is 18.1 Å². The fourth-order valence-electron chi connectivity index (χ4n) is 4.77. The molecule has 1 saturated heterocycles. The van der Waals surface area contributed by atoms with Gasteiger partial charge < -0.3 is 20.3 Å². The van der Waals surface area contributed by atoms with E-state index in [2.05, 4.69) is 43.7 Å². The summed E-state index contributed by atoms with van der Waals surface area (Å²) in [6, 6.07) is 9.70. The fourth-order valence-corrected chi connectivity index (χ4v) is 4.77. The van der Waals surface area contributed by atoms with E-state index in [1.54, 1.807) is 16.8 Å². The molecule has 1 amide bonds. The van der Waals surface area contributed by atoms with E-state index in [4.69, 9.17) is 9.72 Å². The predicted molar refractivity (Wildman–Crippen MR) is 155 cm³/mol. The second kappa shape index (κ2) is 12.1. The Labute approximate surface area is 233 Å². The first-order valence-electron chi connectivity index (χ1n) is 13.5. The molecule has 1 aromatic carbocycles. The van der Waals surface area contributed by atoms with Crippen LogP contribution in [0.1, 0.15) is 25.1 Å². The number of likely N-dealkylation sites (N-methyl/N-ethyl adjacent to an activating group) is 1. The summed E-state index contributed by atoms with van der Waals surface area (Å²) in [4.78, 5) is 22.3. The minimum absolute atomic E-state index is 0.250. The van der Waals surface area contributed by atoms with Crippen LogP contribution in [0.15, 0.2) is 48.9 Å². The lowest BCUT2D eigenvalue weighted by atomic mass is 10.0. The summed E-state index contributed by atoms with van der Waals surface area (Å²) in [5, 5.41) is 25.2. The van der Waals surface area contributed by atoms with E-state index in [-0.39, 0.29) is 5.91 Å². The minimum Gasteiger partial charge on any atom is -0.492 e. The zero-order valence-electron chi connectivity index (χ0n) is 23.0. The van der Waals surface area contributed by atoms with Gasteiger partial charge in [0.25, 0.3) is 0 Å². The first kappa shape index (κ1) is 27.1. The minimum atomic E-state index is -0.250. The van der Waals surface area contributed by atoms with Crippen LogP contribution < -0.4 is 15.4 Å². The molecule has 5 rings (SSSR count). The molecule has 0 spiro atoms. The average Bonchev–Trinajstić information content (AvgIpc) is 3.42. The molecule has 2 N–H and O–H groups in total. The van der Waals surface area contributed by atoms with Gasteiger partial charge in [0.15, 0.2) is 5.65 Å². The highest BCUT2D eigenvalue weighted by atomic mass is 16.5. The lowest BCUT2D eigenvalue weighted by Crippen LogP contribution is -2.44. The van der Waals surface area contributed by atoms with Crippen LogP contribution in [0.2, 0.25) is 0 Å². The molecule has 1 aliphatic heterocycles. The molecular weight excluding hydrogens is 506 g/mol. The Morgan fingerprint density at radius 1 is 1.20 bits per heavy atom. The number of benzene rings is 1. The van der Waals surface area contributed by atoms with Crippen molar-refractivity contribution >= 4 is 39.5 Å². The van der Waals surface area contributed by atoms with E-state index in [0.29, 0.717) is 58.0 Å². The van der Waals surface area contributed by atoms with E-state index in [1.165, 1.54) is 0 Å². The monoisotopic (exact) mass is 539 g/mol. The Bertz CT molecular complexity index is 1600. The van der Waals surface area contributed by atoms with Gasteiger partial charge in [-0.05, 0) is 32.5 Å². The van der Waals surface area contributed by atoms with E-state index >= 15 is 0 Å². The van der Waals surface area contributed by atoms with Crippen LogP contribution >= 0.6 is 0 Å². The molecule has 0 unspecified atom stereocenters. The fraction of sp³-hybridized carbons (Fsp3) is 0.345. The third kappa shape index (κ3) is 5.88. The summed E-state index contributed by atoms with van der Waals surface area (Å²) in [6.45, 7) is 9.01. The molecule has 0 radical (unpaired) electrons. The smallest absolute Gasteiger partial charge is 0.248 e. The summed E-state index contributed by atoms with van der Waals surface area (Å²) in [5.74, 6) is 0.269. The molecule has 4 aromatic rings. The number of fused-ring (bicyclic) bond motifs is 2. The Balaban J connectivity index is 1.48. The SMILES string of the molecule is CCOc1cc2nc(CC)c(C#N)c(Nc3ccn4cnnc4c3)c2cc1NC(=O)/C=C/CN1CCN(C)CC1. The molecule has 3 aromatic heterocycles. The first-order valence-corrected chi connectivity index (χ1v) is 13.5. The number of nitriles is 1. The molecule has 0 saturated carbocycles. The van der Waals surface area contributed by atoms with Crippen molar-refractivity contribution in [2.24, 2.45) is 0 Å². The van der Waals surface area contributed by atoms with Crippen LogP contribution in [0.5, 0.6) is 5.75 Å². The molecule has 11 nitrogen and oxygen atoms in total. The molecule has 0 atom stereocenters. The number of nitrogens with one attached hydrogen (secondary N) is 2. The second-order valence-corrected chi connectivity index (χ2v) is 9.70. The van der Waals surface area contributed by atoms with Crippen molar-refractivity contribution in [3.05, 3.63) is 60.2 Å².